The lowest BCUT2D eigenvalue weighted by atomic mass is 9.89. The Labute approximate surface area is 133 Å². The second kappa shape index (κ2) is 6.46. The van der Waals surface area contributed by atoms with Gasteiger partial charge in [0.15, 0.2) is 0 Å². The van der Waals surface area contributed by atoms with E-state index in [1.165, 1.54) is 45.2 Å². The lowest BCUT2D eigenvalue weighted by molar-refractivity contribution is -0.137. The van der Waals surface area contributed by atoms with Crippen LogP contribution in [-0.4, -0.2) is 72.7 Å². The number of carbonyl (C=O) groups excluding carboxylic acids is 1. The van der Waals surface area contributed by atoms with Gasteiger partial charge in [-0.25, -0.2) is 0 Å². The maximum absolute atomic E-state index is 12.1. The van der Waals surface area contributed by atoms with Gasteiger partial charge in [-0.3, -0.25) is 4.79 Å². The summed E-state index contributed by atoms with van der Waals surface area (Å²) in [5.41, 5.74) is 0. The van der Waals surface area contributed by atoms with Crippen molar-refractivity contribution in [2.45, 2.75) is 69.1 Å². The molecule has 2 bridgehead atoms. The van der Waals surface area contributed by atoms with Crippen molar-refractivity contribution in [2.75, 3.05) is 32.8 Å². The molecule has 1 amide bonds. The molecule has 4 saturated heterocycles. The normalized spacial score (nSPS) is 38.3. The van der Waals surface area contributed by atoms with Crippen molar-refractivity contribution in [3.8, 4) is 0 Å². The first-order valence-corrected chi connectivity index (χ1v) is 9.17. The summed E-state index contributed by atoms with van der Waals surface area (Å²) >= 11 is 0. The standard InChI is InChI=1S/C17H29N3O2/c21-17-3-1-2-6-20(17)15-4-7-19(8-5-15)16-9-13-11-22-12-14(10-16)18-13/h13-16,18H,1-12H2. The molecule has 1 N–H and O–H groups in total. The summed E-state index contributed by atoms with van der Waals surface area (Å²) in [4.78, 5) is 17.0. The number of hydrogen-bond donors (Lipinski definition) is 1. The number of morpholine rings is 1. The third-order valence-electron chi connectivity index (χ3n) is 6.04. The van der Waals surface area contributed by atoms with E-state index in [-0.39, 0.29) is 0 Å². The molecule has 4 heterocycles. The van der Waals surface area contributed by atoms with Crippen LogP contribution in [0.1, 0.15) is 44.9 Å². The molecule has 2 atom stereocenters. The summed E-state index contributed by atoms with van der Waals surface area (Å²) in [5, 5.41) is 3.68. The van der Waals surface area contributed by atoms with E-state index in [9.17, 15) is 4.79 Å². The zero-order valence-corrected chi connectivity index (χ0v) is 13.5. The summed E-state index contributed by atoms with van der Waals surface area (Å²) in [6.45, 7) is 5.09. The van der Waals surface area contributed by atoms with E-state index in [4.69, 9.17) is 4.74 Å². The summed E-state index contributed by atoms with van der Waals surface area (Å²) in [5.74, 6) is 0.401. The number of fused-ring (bicyclic) bond motifs is 2. The van der Waals surface area contributed by atoms with Crippen molar-refractivity contribution >= 4 is 5.91 Å². The minimum atomic E-state index is 0.401. The predicted octanol–water partition coefficient (Wildman–Crippen LogP) is 0.983. The molecule has 0 aliphatic carbocycles. The summed E-state index contributed by atoms with van der Waals surface area (Å²) in [6, 6.07) is 2.34. The molecule has 0 aromatic carbocycles. The average molecular weight is 307 g/mol. The van der Waals surface area contributed by atoms with Gasteiger partial charge in [0, 0.05) is 50.2 Å². The Hall–Kier alpha value is -0.650. The highest BCUT2D eigenvalue weighted by Gasteiger charge is 2.37. The smallest absolute Gasteiger partial charge is 0.222 e. The number of rotatable bonds is 2. The first-order chi connectivity index (χ1) is 10.8. The lowest BCUT2D eigenvalue weighted by Crippen LogP contribution is -2.60. The minimum Gasteiger partial charge on any atom is -0.378 e. The predicted molar refractivity (Wildman–Crippen MR) is 84.7 cm³/mol. The number of carbonyl (C=O) groups is 1. The molecule has 2 unspecified atom stereocenters. The van der Waals surface area contributed by atoms with Crippen LogP contribution >= 0.6 is 0 Å². The van der Waals surface area contributed by atoms with Crippen LogP contribution in [0.25, 0.3) is 0 Å². The minimum absolute atomic E-state index is 0.401. The van der Waals surface area contributed by atoms with Gasteiger partial charge in [0.2, 0.25) is 5.91 Å². The van der Waals surface area contributed by atoms with Crippen LogP contribution in [-0.2, 0) is 9.53 Å². The van der Waals surface area contributed by atoms with E-state index < -0.39 is 0 Å². The summed E-state index contributed by atoms with van der Waals surface area (Å²) in [6.07, 6.45) is 7.85. The maximum atomic E-state index is 12.1. The molecule has 0 aromatic heterocycles. The lowest BCUT2D eigenvalue weighted by Gasteiger charge is -2.47. The van der Waals surface area contributed by atoms with Crippen molar-refractivity contribution in [1.29, 1.82) is 0 Å². The van der Waals surface area contributed by atoms with Crippen LogP contribution in [0, 0.1) is 0 Å². The SMILES string of the molecule is O=C1CCCCN1C1CCN(C2CC3COCC(C2)N3)CC1. The van der Waals surface area contributed by atoms with E-state index in [0.717, 1.165) is 38.6 Å². The maximum Gasteiger partial charge on any atom is 0.222 e. The molecule has 4 fully saturated rings. The monoisotopic (exact) mass is 307 g/mol. The highest BCUT2D eigenvalue weighted by atomic mass is 16.5. The van der Waals surface area contributed by atoms with Crippen LogP contribution in [0.2, 0.25) is 0 Å². The van der Waals surface area contributed by atoms with Crippen LogP contribution in [0.15, 0.2) is 0 Å². The Morgan fingerprint density at radius 3 is 2.36 bits per heavy atom. The van der Waals surface area contributed by atoms with E-state index >= 15 is 0 Å². The first-order valence-electron chi connectivity index (χ1n) is 9.17. The number of nitrogens with zero attached hydrogens (tertiary/aromatic N) is 2. The fourth-order valence-corrected chi connectivity index (χ4v) is 4.88. The molecular formula is C17H29N3O2. The topological polar surface area (TPSA) is 44.8 Å². The van der Waals surface area contributed by atoms with Gasteiger partial charge in [-0.1, -0.05) is 0 Å². The second-order valence-corrected chi connectivity index (χ2v) is 7.53. The molecule has 5 heteroatoms. The van der Waals surface area contributed by atoms with Gasteiger partial charge >= 0.3 is 0 Å². The van der Waals surface area contributed by atoms with Gasteiger partial charge in [0.25, 0.3) is 0 Å². The summed E-state index contributed by atoms with van der Waals surface area (Å²) < 4.78 is 5.66. The fraction of sp³-hybridized carbons (Fsp3) is 0.941. The van der Waals surface area contributed by atoms with E-state index in [1.807, 2.05) is 0 Å². The fourth-order valence-electron chi connectivity index (χ4n) is 4.88. The molecule has 4 rings (SSSR count). The zero-order valence-electron chi connectivity index (χ0n) is 13.5. The van der Waals surface area contributed by atoms with Gasteiger partial charge in [0.05, 0.1) is 13.2 Å². The number of likely N-dealkylation sites (tertiary alicyclic amines) is 2. The zero-order chi connectivity index (χ0) is 14.9. The number of amides is 1. The highest BCUT2D eigenvalue weighted by Crippen LogP contribution is 2.28. The van der Waals surface area contributed by atoms with Crippen molar-refractivity contribution in [3.63, 3.8) is 0 Å². The number of nitrogens with one attached hydrogen (secondary N) is 1. The van der Waals surface area contributed by atoms with Gasteiger partial charge < -0.3 is 19.9 Å². The average Bonchev–Trinajstić information content (AvgIpc) is 2.55. The number of ether oxygens (including phenoxy) is 1. The highest BCUT2D eigenvalue weighted by molar-refractivity contribution is 5.77. The summed E-state index contributed by atoms with van der Waals surface area (Å²) in [7, 11) is 0. The molecule has 0 aromatic rings. The van der Waals surface area contributed by atoms with Crippen molar-refractivity contribution in [3.05, 3.63) is 0 Å². The largest absolute Gasteiger partial charge is 0.378 e. The van der Waals surface area contributed by atoms with Crippen LogP contribution < -0.4 is 5.32 Å². The van der Waals surface area contributed by atoms with Crippen LogP contribution in [0.4, 0.5) is 0 Å². The van der Waals surface area contributed by atoms with E-state index in [0.29, 0.717) is 24.0 Å². The molecule has 124 valence electrons. The Morgan fingerprint density at radius 2 is 1.68 bits per heavy atom. The molecular weight excluding hydrogens is 278 g/mol. The van der Waals surface area contributed by atoms with Crippen molar-refractivity contribution in [2.24, 2.45) is 0 Å². The molecule has 22 heavy (non-hydrogen) atoms. The Kier molecular flexibility index (Phi) is 4.38. The number of piperidine rings is 3. The van der Waals surface area contributed by atoms with Gasteiger partial charge in [-0.05, 0) is 38.5 Å². The Bertz CT molecular complexity index is 397. The third kappa shape index (κ3) is 3.03. The molecule has 4 aliphatic heterocycles. The Balaban J connectivity index is 1.31. The van der Waals surface area contributed by atoms with Crippen LogP contribution in [0.5, 0.6) is 0 Å². The van der Waals surface area contributed by atoms with Crippen molar-refractivity contribution in [1.82, 2.24) is 15.1 Å². The third-order valence-corrected chi connectivity index (χ3v) is 6.04. The van der Waals surface area contributed by atoms with Gasteiger partial charge in [-0.15, -0.1) is 0 Å². The second-order valence-electron chi connectivity index (χ2n) is 7.53. The molecule has 0 spiro atoms. The van der Waals surface area contributed by atoms with Gasteiger partial charge in [-0.2, -0.15) is 0 Å². The first kappa shape index (κ1) is 14.9. The quantitative estimate of drug-likeness (QED) is 0.826. The molecule has 5 nitrogen and oxygen atoms in total. The van der Waals surface area contributed by atoms with Crippen LogP contribution in [0.3, 0.4) is 0 Å². The van der Waals surface area contributed by atoms with E-state index in [2.05, 4.69) is 15.1 Å². The number of hydrogen-bond acceptors (Lipinski definition) is 4. The molecule has 0 radical (unpaired) electrons. The van der Waals surface area contributed by atoms with Gasteiger partial charge in [0.1, 0.15) is 0 Å². The van der Waals surface area contributed by atoms with E-state index in [1.54, 1.807) is 0 Å². The Morgan fingerprint density at radius 1 is 0.955 bits per heavy atom. The molecule has 0 saturated carbocycles. The van der Waals surface area contributed by atoms with Crippen molar-refractivity contribution < 1.29 is 9.53 Å². The molecule has 4 aliphatic rings.